The van der Waals surface area contributed by atoms with E-state index in [4.69, 9.17) is 0 Å². The third-order valence-corrected chi connectivity index (χ3v) is 2.12. The molecule has 1 aliphatic rings. The Morgan fingerprint density at radius 3 is 3.00 bits per heavy atom. The van der Waals surface area contributed by atoms with E-state index in [0.29, 0.717) is 0 Å². The summed E-state index contributed by atoms with van der Waals surface area (Å²) >= 11 is 0. The van der Waals surface area contributed by atoms with Gasteiger partial charge < -0.3 is 0 Å². The van der Waals surface area contributed by atoms with Gasteiger partial charge >= 0.3 is 0 Å². The molecule has 1 aliphatic carbocycles. The summed E-state index contributed by atoms with van der Waals surface area (Å²) in [5.74, 6) is 0. The van der Waals surface area contributed by atoms with Gasteiger partial charge in [-0.15, -0.1) is 0 Å². The first-order valence-electron chi connectivity index (χ1n) is 4.16. The second-order valence-corrected chi connectivity index (χ2v) is 2.93. The molecule has 0 radical (unpaired) electrons. The first kappa shape index (κ1) is 6.65. The Kier molecular flexibility index (Phi) is 1.76. The largest absolute Gasteiger partial charge is 0.285 e. The van der Waals surface area contributed by atoms with Crippen LogP contribution in [0.1, 0.15) is 31.4 Å². The van der Waals surface area contributed by atoms with E-state index >= 15 is 0 Å². The van der Waals surface area contributed by atoms with Crippen molar-refractivity contribution in [2.45, 2.75) is 25.7 Å². The fourth-order valence-corrected chi connectivity index (χ4v) is 1.51. The van der Waals surface area contributed by atoms with Crippen molar-refractivity contribution < 1.29 is 0 Å². The predicted molar refractivity (Wildman–Crippen MR) is 45.0 cm³/mol. The molecule has 1 heterocycles. The fraction of sp³-hybridized carbons (Fsp3) is 0.444. The number of hydrogen-bond acceptors (Lipinski definition) is 1. The lowest BCUT2D eigenvalue weighted by atomic mass is 9.97. The lowest BCUT2D eigenvalue weighted by molar-refractivity contribution is 0.739. The van der Waals surface area contributed by atoms with Crippen molar-refractivity contribution in [3.63, 3.8) is 0 Å². The van der Waals surface area contributed by atoms with Gasteiger partial charge in [-0.05, 0) is 37.3 Å². The number of hydrogen-bond donors (Lipinski definition) is 1. The van der Waals surface area contributed by atoms with Gasteiger partial charge in [0.25, 0.3) is 0 Å². The molecular formula is C9H12N2. The summed E-state index contributed by atoms with van der Waals surface area (Å²) < 4.78 is 0. The Labute approximate surface area is 66.3 Å². The molecule has 1 N–H and O–H groups in total. The van der Waals surface area contributed by atoms with Crippen molar-refractivity contribution in [1.29, 1.82) is 0 Å². The molecule has 0 amide bonds. The van der Waals surface area contributed by atoms with Gasteiger partial charge in [-0.2, -0.15) is 5.10 Å². The van der Waals surface area contributed by atoms with Crippen LogP contribution in [0.15, 0.2) is 18.3 Å². The van der Waals surface area contributed by atoms with Crippen LogP contribution in [-0.4, -0.2) is 10.2 Å². The third-order valence-electron chi connectivity index (χ3n) is 2.12. The number of rotatable bonds is 1. The molecule has 58 valence electrons. The van der Waals surface area contributed by atoms with Crippen LogP contribution in [0.5, 0.6) is 0 Å². The molecule has 1 aromatic rings. The van der Waals surface area contributed by atoms with E-state index in [0.717, 1.165) is 5.69 Å². The van der Waals surface area contributed by atoms with Crippen molar-refractivity contribution >= 4 is 5.57 Å². The molecule has 1 aromatic heterocycles. The quantitative estimate of drug-likeness (QED) is 0.650. The van der Waals surface area contributed by atoms with Crippen LogP contribution < -0.4 is 0 Å². The standard InChI is InChI=1S/C9H12N2/c1-2-4-8(5-3-1)9-6-7-10-11-9/h4,6-7H,1-3,5H2,(H,10,11). The van der Waals surface area contributed by atoms with Gasteiger partial charge in [0, 0.05) is 6.20 Å². The highest BCUT2D eigenvalue weighted by Crippen LogP contribution is 2.24. The summed E-state index contributed by atoms with van der Waals surface area (Å²) in [5.41, 5.74) is 2.54. The molecule has 0 fully saturated rings. The summed E-state index contributed by atoms with van der Waals surface area (Å²) in [6, 6.07) is 2.04. The molecular weight excluding hydrogens is 136 g/mol. The number of H-pyrrole nitrogens is 1. The molecule has 2 rings (SSSR count). The Morgan fingerprint density at radius 1 is 1.36 bits per heavy atom. The van der Waals surface area contributed by atoms with Crippen LogP contribution in [0, 0.1) is 0 Å². The minimum Gasteiger partial charge on any atom is -0.285 e. The molecule has 2 nitrogen and oxygen atoms in total. The van der Waals surface area contributed by atoms with Crippen molar-refractivity contribution in [3.05, 3.63) is 24.0 Å². The molecule has 0 spiro atoms. The SMILES string of the molecule is C1=C(c2cc[nH]n2)CCCC1. The smallest absolute Gasteiger partial charge is 0.0877 e. The zero-order valence-electron chi connectivity index (χ0n) is 6.51. The number of allylic oxidation sites excluding steroid dienone is 2. The Morgan fingerprint density at radius 2 is 2.36 bits per heavy atom. The fourth-order valence-electron chi connectivity index (χ4n) is 1.51. The zero-order chi connectivity index (χ0) is 7.52. The van der Waals surface area contributed by atoms with E-state index in [1.165, 1.54) is 31.3 Å². The molecule has 0 atom stereocenters. The highest BCUT2D eigenvalue weighted by Gasteiger charge is 2.06. The van der Waals surface area contributed by atoms with Crippen LogP contribution in [0.25, 0.3) is 5.57 Å². The van der Waals surface area contributed by atoms with Gasteiger partial charge in [0.15, 0.2) is 0 Å². The molecule has 0 aromatic carbocycles. The third kappa shape index (κ3) is 1.34. The summed E-state index contributed by atoms with van der Waals surface area (Å²) in [6.45, 7) is 0. The van der Waals surface area contributed by atoms with Gasteiger partial charge in [0.2, 0.25) is 0 Å². The zero-order valence-corrected chi connectivity index (χ0v) is 6.51. The molecule has 2 heteroatoms. The summed E-state index contributed by atoms with van der Waals surface area (Å²) in [4.78, 5) is 0. The minimum absolute atomic E-state index is 1.13. The lowest BCUT2D eigenvalue weighted by Gasteiger charge is -2.09. The van der Waals surface area contributed by atoms with Gasteiger partial charge in [0.1, 0.15) is 0 Å². The molecule has 0 aliphatic heterocycles. The Balaban J connectivity index is 2.22. The van der Waals surface area contributed by atoms with E-state index in [-0.39, 0.29) is 0 Å². The summed E-state index contributed by atoms with van der Waals surface area (Å²) in [5, 5.41) is 6.98. The van der Waals surface area contributed by atoms with Crippen LogP contribution >= 0.6 is 0 Å². The molecule has 0 bridgehead atoms. The number of aromatic amines is 1. The summed E-state index contributed by atoms with van der Waals surface area (Å²) in [6.07, 6.45) is 9.27. The van der Waals surface area contributed by atoms with E-state index in [1.54, 1.807) is 0 Å². The number of aromatic nitrogens is 2. The highest BCUT2D eigenvalue weighted by molar-refractivity contribution is 5.62. The lowest BCUT2D eigenvalue weighted by Crippen LogP contribution is -1.91. The molecule has 11 heavy (non-hydrogen) atoms. The van der Waals surface area contributed by atoms with Gasteiger partial charge in [-0.25, -0.2) is 0 Å². The molecule has 0 saturated carbocycles. The van der Waals surface area contributed by atoms with Crippen LogP contribution in [-0.2, 0) is 0 Å². The van der Waals surface area contributed by atoms with Gasteiger partial charge in [-0.3, -0.25) is 5.10 Å². The van der Waals surface area contributed by atoms with Crippen LogP contribution in [0.2, 0.25) is 0 Å². The highest BCUT2D eigenvalue weighted by atomic mass is 15.1. The van der Waals surface area contributed by atoms with Gasteiger partial charge in [0.05, 0.1) is 5.69 Å². The Bertz CT molecular complexity index is 247. The molecule has 0 unspecified atom stereocenters. The maximum atomic E-state index is 4.15. The predicted octanol–water partition coefficient (Wildman–Crippen LogP) is 2.37. The maximum Gasteiger partial charge on any atom is 0.0877 e. The van der Waals surface area contributed by atoms with Crippen LogP contribution in [0.4, 0.5) is 0 Å². The van der Waals surface area contributed by atoms with E-state index in [2.05, 4.69) is 16.3 Å². The summed E-state index contributed by atoms with van der Waals surface area (Å²) in [7, 11) is 0. The average Bonchev–Trinajstić information content (AvgIpc) is 2.58. The second-order valence-electron chi connectivity index (χ2n) is 2.93. The molecule has 0 saturated heterocycles. The normalized spacial score (nSPS) is 18.0. The monoisotopic (exact) mass is 148 g/mol. The van der Waals surface area contributed by atoms with Crippen molar-refractivity contribution in [3.8, 4) is 0 Å². The van der Waals surface area contributed by atoms with Gasteiger partial charge in [-0.1, -0.05) is 6.08 Å². The van der Waals surface area contributed by atoms with E-state index in [1.807, 2.05) is 12.3 Å². The maximum absolute atomic E-state index is 4.15. The van der Waals surface area contributed by atoms with E-state index < -0.39 is 0 Å². The van der Waals surface area contributed by atoms with E-state index in [9.17, 15) is 0 Å². The topological polar surface area (TPSA) is 28.7 Å². The van der Waals surface area contributed by atoms with Crippen molar-refractivity contribution in [1.82, 2.24) is 10.2 Å². The first-order valence-corrected chi connectivity index (χ1v) is 4.16. The Hall–Kier alpha value is -1.05. The second kappa shape index (κ2) is 2.91. The minimum atomic E-state index is 1.13. The number of nitrogens with one attached hydrogen (secondary N) is 1. The van der Waals surface area contributed by atoms with Crippen molar-refractivity contribution in [2.75, 3.05) is 0 Å². The van der Waals surface area contributed by atoms with Crippen LogP contribution in [0.3, 0.4) is 0 Å². The van der Waals surface area contributed by atoms with Crippen molar-refractivity contribution in [2.24, 2.45) is 0 Å². The number of nitrogens with zero attached hydrogens (tertiary/aromatic N) is 1. The average molecular weight is 148 g/mol. The first-order chi connectivity index (χ1) is 5.47.